The molecule has 3 heterocycles. The number of hydrogen-bond acceptors (Lipinski definition) is 5. The van der Waals surface area contributed by atoms with Crippen molar-refractivity contribution in [3.63, 3.8) is 0 Å². The molecule has 0 N–H and O–H groups in total. The van der Waals surface area contributed by atoms with Gasteiger partial charge in [-0.3, -0.25) is 9.13 Å². The lowest BCUT2D eigenvalue weighted by Crippen LogP contribution is -2.36. The first kappa shape index (κ1) is 26.3. The van der Waals surface area contributed by atoms with Crippen molar-refractivity contribution in [2.45, 2.75) is 45.2 Å². The summed E-state index contributed by atoms with van der Waals surface area (Å²) in [5.74, 6) is -0.299. The molecule has 1 aliphatic rings. The number of imidazole rings is 1. The van der Waals surface area contributed by atoms with Gasteiger partial charge in [-0.05, 0) is 74.7 Å². The highest BCUT2D eigenvalue weighted by molar-refractivity contribution is 5.75. The number of carbonyl (C=O) groups is 1. The summed E-state index contributed by atoms with van der Waals surface area (Å²) in [4.78, 5) is 32.4. The van der Waals surface area contributed by atoms with Gasteiger partial charge in [-0.1, -0.05) is 24.3 Å². The molecule has 11 heteroatoms. The third-order valence-corrected chi connectivity index (χ3v) is 6.36. The molecular weight excluding hydrogens is 513 g/mol. The van der Waals surface area contributed by atoms with Crippen molar-refractivity contribution in [2.75, 3.05) is 13.1 Å². The number of aromatic nitrogens is 3. The maximum absolute atomic E-state index is 13.7. The van der Waals surface area contributed by atoms with Crippen LogP contribution < -0.4 is 10.4 Å². The van der Waals surface area contributed by atoms with Crippen LogP contribution in [0.25, 0.3) is 28.0 Å². The highest BCUT2D eigenvalue weighted by Crippen LogP contribution is 2.29. The van der Waals surface area contributed by atoms with Gasteiger partial charge in [0.2, 0.25) is 0 Å². The van der Waals surface area contributed by atoms with E-state index >= 15 is 0 Å². The van der Waals surface area contributed by atoms with Gasteiger partial charge in [0, 0.05) is 19.3 Å². The number of hydrogen-bond donors (Lipinski definition) is 0. The van der Waals surface area contributed by atoms with Crippen LogP contribution in [0.5, 0.6) is 5.75 Å². The summed E-state index contributed by atoms with van der Waals surface area (Å²) in [5, 5.41) is 0. The first-order valence-electron chi connectivity index (χ1n) is 12.4. The number of carbonyl (C=O) groups excluding carboxylic acids is 1. The number of nitrogens with zero attached hydrogens (tertiary/aromatic N) is 4. The molecule has 1 aliphatic heterocycles. The first-order chi connectivity index (χ1) is 18.4. The van der Waals surface area contributed by atoms with E-state index < -0.39 is 18.1 Å². The van der Waals surface area contributed by atoms with E-state index in [4.69, 9.17) is 4.74 Å². The van der Waals surface area contributed by atoms with Gasteiger partial charge in [0.25, 0.3) is 0 Å². The fourth-order valence-corrected chi connectivity index (χ4v) is 4.73. The smallest absolute Gasteiger partial charge is 0.444 e. The molecule has 0 unspecified atom stereocenters. The monoisotopic (exact) mass is 540 g/mol. The fourth-order valence-electron chi connectivity index (χ4n) is 4.73. The van der Waals surface area contributed by atoms with E-state index in [1.54, 1.807) is 50.6 Å². The van der Waals surface area contributed by atoms with Crippen molar-refractivity contribution in [2.24, 2.45) is 0 Å². The Balaban J connectivity index is 1.43. The van der Waals surface area contributed by atoms with Gasteiger partial charge in [-0.15, -0.1) is 13.2 Å². The number of halogens is 3. The number of benzene rings is 2. The van der Waals surface area contributed by atoms with Crippen molar-refractivity contribution in [3.05, 3.63) is 77.3 Å². The van der Waals surface area contributed by atoms with Gasteiger partial charge in [0.15, 0.2) is 5.65 Å². The van der Waals surface area contributed by atoms with E-state index in [0.717, 1.165) is 5.56 Å². The van der Waals surface area contributed by atoms with Gasteiger partial charge in [0.1, 0.15) is 11.4 Å². The predicted octanol–water partition coefficient (Wildman–Crippen LogP) is 5.93. The molecule has 5 rings (SSSR count). The summed E-state index contributed by atoms with van der Waals surface area (Å²) in [7, 11) is 0. The second-order valence-electron chi connectivity index (χ2n) is 10.3. The lowest BCUT2D eigenvalue weighted by Gasteiger charge is -2.24. The summed E-state index contributed by atoms with van der Waals surface area (Å²) in [6.45, 7) is 6.22. The van der Waals surface area contributed by atoms with Gasteiger partial charge >= 0.3 is 18.1 Å². The number of likely N-dealkylation sites (tertiary alicyclic amines) is 1. The molecule has 0 aliphatic carbocycles. The zero-order valence-corrected chi connectivity index (χ0v) is 21.6. The van der Waals surface area contributed by atoms with Crippen LogP contribution >= 0.6 is 0 Å². The highest BCUT2D eigenvalue weighted by Gasteiger charge is 2.33. The minimum Gasteiger partial charge on any atom is -0.444 e. The number of ether oxygens (including phenoxy) is 2. The minimum absolute atomic E-state index is 0.264. The Kier molecular flexibility index (Phi) is 6.61. The van der Waals surface area contributed by atoms with Crippen molar-refractivity contribution in [3.8, 4) is 22.6 Å². The van der Waals surface area contributed by atoms with E-state index in [1.807, 2.05) is 26.8 Å². The third kappa shape index (κ3) is 5.62. The zero-order chi connectivity index (χ0) is 27.9. The van der Waals surface area contributed by atoms with Crippen LogP contribution in [-0.2, 0) is 4.74 Å². The summed E-state index contributed by atoms with van der Waals surface area (Å²) in [5.41, 5.74) is 2.31. The van der Waals surface area contributed by atoms with Crippen molar-refractivity contribution >= 4 is 17.3 Å². The molecule has 0 radical (unpaired) electrons. The van der Waals surface area contributed by atoms with E-state index in [0.29, 0.717) is 41.9 Å². The second-order valence-corrected chi connectivity index (χ2v) is 10.3. The van der Waals surface area contributed by atoms with Crippen molar-refractivity contribution in [1.29, 1.82) is 0 Å². The fraction of sp³-hybridized carbons (Fsp3) is 0.321. The lowest BCUT2D eigenvalue weighted by molar-refractivity contribution is -0.274. The lowest BCUT2D eigenvalue weighted by atomic mass is 10.1. The van der Waals surface area contributed by atoms with Gasteiger partial charge in [0.05, 0.1) is 17.2 Å². The van der Waals surface area contributed by atoms with Crippen LogP contribution in [0.3, 0.4) is 0 Å². The Morgan fingerprint density at radius 2 is 1.62 bits per heavy atom. The molecule has 1 amide bonds. The summed E-state index contributed by atoms with van der Waals surface area (Å²) < 4.78 is 50.0. The van der Waals surface area contributed by atoms with Crippen molar-refractivity contribution in [1.82, 2.24) is 19.0 Å². The number of rotatable bonds is 4. The van der Waals surface area contributed by atoms with E-state index in [9.17, 15) is 22.8 Å². The Morgan fingerprint density at radius 3 is 2.23 bits per heavy atom. The Bertz CT molecular complexity index is 1550. The van der Waals surface area contributed by atoms with Gasteiger partial charge in [-0.25, -0.2) is 14.6 Å². The molecule has 1 saturated heterocycles. The maximum atomic E-state index is 13.7. The molecule has 1 fully saturated rings. The molecule has 0 saturated carbocycles. The van der Waals surface area contributed by atoms with E-state index in [-0.39, 0.29) is 17.5 Å². The maximum Gasteiger partial charge on any atom is 0.573 e. The average Bonchev–Trinajstić information content (AvgIpc) is 3.45. The number of amides is 1. The summed E-state index contributed by atoms with van der Waals surface area (Å²) >= 11 is 0. The number of alkyl halides is 3. The Hall–Kier alpha value is -4.28. The van der Waals surface area contributed by atoms with Crippen LogP contribution in [0, 0.1) is 0 Å². The molecule has 1 atom stereocenters. The highest BCUT2D eigenvalue weighted by atomic mass is 19.4. The molecule has 2 aromatic carbocycles. The molecule has 4 aromatic rings. The molecule has 8 nitrogen and oxygen atoms in total. The molecule has 204 valence electrons. The predicted molar refractivity (Wildman–Crippen MR) is 139 cm³/mol. The molecule has 0 bridgehead atoms. The minimum atomic E-state index is -4.75. The van der Waals surface area contributed by atoms with Crippen LogP contribution in [0.15, 0.2) is 71.7 Å². The number of pyridine rings is 1. The molecular formula is C28H27F3N4O4. The van der Waals surface area contributed by atoms with Crippen molar-refractivity contribution < 1.29 is 27.4 Å². The van der Waals surface area contributed by atoms with E-state index in [2.05, 4.69) is 9.72 Å². The average molecular weight is 541 g/mol. The quantitative estimate of drug-likeness (QED) is 0.320. The largest absolute Gasteiger partial charge is 0.573 e. The van der Waals surface area contributed by atoms with Gasteiger partial charge in [-0.2, -0.15) is 0 Å². The van der Waals surface area contributed by atoms with E-state index in [1.165, 1.54) is 24.3 Å². The topological polar surface area (TPSA) is 78.6 Å². The third-order valence-electron chi connectivity index (χ3n) is 6.36. The molecule has 39 heavy (non-hydrogen) atoms. The second kappa shape index (κ2) is 9.79. The zero-order valence-electron chi connectivity index (χ0n) is 21.6. The SMILES string of the molecule is CC(C)(C)OC(=O)N1CC[C@H](n2c(=O)n(-c3ccc(-c4ccc(OC(F)(F)F)cc4)cc3)c3cccnc32)C1. The van der Waals surface area contributed by atoms with Crippen LogP contribution in [0.4, 0.5) is 18.0 Å². The number of fused-ring (bicyclic) bond motifs is 1. The summed E-state index contributed by atoms with van der Waals surface area (Å²) in [6.07, 6.45) is -2.96. The van der Waals surface area contributed by atoms with Crippen LogP contribution in [-0.4, -0.2) is 50.2 Å². The normalized spacial score (nSPS) is 16.1. The Morgan fingerprint density at radius 1 is 0.974 bits per heavy atom. The Labute approximate surface area is 222 Å². The summed E-state index contributed by atoms with van der Waals surface area (Å²) in [6, 6.07) is 16.0. The standard InChI is InChI=1S/C28H27F3N4O4/c1-27(2,3)39-26(37)33-16-14-21(17-33)35-24-23(5-4-15-32-24)34(25(35)36)20-10-6-18(7-11-20)19-8-12-22(13-9-19)38-28(29,30)31/h4-13,15,21H,14,16-17H2,1-3H3/t21-/m0/s1. The molecule has 0 spiro atoms. The van der Waals surface area contributed by atoms with Crippen LogP contribution in [0.1, 0.15) is 33.2 Å². The first-order valence-corrected chi connectivity index (χ1v) is 12.4. The molecule has 2 aromatic heterocycles. The van der Waals surface area contributed by atoms with Gasteiger partial charge < -0.3 is 14.4 Å². The van der Waals surface area contributed by atoms with Crippen LogP contribution in [0.2, 0.25) is 0 Å².